The van der Waals surface area contributed by atoms with Crippen LogP contribution in [0.3, 0.4) is 0 Å². The van der Waals surface area contributed by atoms with E-state index in [0.717, 1.165) is 32.6 Å². The number of aromatic nitrogens is 1. The van der Waals surface area contributed by atoms with Crippen LogP contribution in [0, 0.1) is 10.1 Å². The van der Waals surface area contributed by atoms with Gasteiger partial charge in [-0.15, -0.1) is 11.3 Å². The normalized spacial score (nSPS) is 19.9. The minimum absolute atomic E-state index is 0.00623. The van der Waals surface area contributed by atoms with Gasteiger partial charge in [0.05, 0.1) is 17.5 Å². The molecule has 2 unspecified atom stereocenters. The van der Waals surface area contributed by atoms with E-state index in [1.165, 1.54) is 12.1 Å². The Bertz CT molecular complexity index is 1430. The Morgan fingerprint density at radius 3 is 2.59 bits per heavy atom. The average molecular weight is 473 g/mol. The Kier molecular flexibility index (Phi) is 4.73. The van der Waals surface area contributed by atoms with Crippen LogP contribution >= 0.6 is 11.3 Å². The number of para-hydroxylation sites is 1. The largest absolute Gasteiger partial charge is 0.356 e. The highest BCUT2D eigenvalue weighted by molar-refractivity contribution is 7.09. The van der Waals surface area contributed by atoms with Gasteiger partial charge in [-0.1, -0.05) is 24.3 Å². The first-order valence-electron chi connectivity index (χ1n) is 11.0. The molecular weight excluding hydrogens is 452 g/mol. The highest BCUT2D eigenvalue weighted by Gasteiger charge is 2.48. The van der Waals surface area contributed by atoms with E-state index in [1.54, 1.807) is 33.3 Å². The van der Waals surface area contributed by atoms with Gasteiger partial charge in [0.2, 0.25) is 11.8 Å². The maximum Gasteiger partial charge on any atom is 0.269 e. The van der Waals surface area contributed by atoms with Gasteiger partial charge in [-0.2, -0.15) is 0 Å². The lowest BCUT2D eigenvalue weighted by Gasteiger charge is -2.47. The first-order chi connectivity index (χ1) is 16.5. The zero-order valence-corrected chi connectivity index (χ0v) is 18.8. The summed E-state index contributed by atoms with van der Waals surface area (Å²) in [4.78, 5) is 45.7. The Morgan fingerprint density at radius 2 is 1.85 bits per heavy atom. The average Bonchev–Trinajstić information content (AvgIpc) is 3.49. The molecule has 0 radical (unpaired) electrons. The molecule has 2 atom stereocenters. The van der Waals surface area contributed by atoms with Crippen molar-refractivity contribution in [2.45, 2.75) is 25.0 Å². The topological polar surface area (TPSA) is 99.5 Å². The fourth-order valence-corrected chi connectivity index (χ4v) is 5.89. The fraction of sp³-hybridized carbons (Fsp3) is 0.200. The van der Waals surface area contributed by atoms with Gasteiger partial charge in [-0.3, -0.25) is 19.7 Å². The van der Waals surface area contributed by atoms with Gasteiger partial charge in [-0.25, -0.2) is 0 Å². The Labute approximate surface area is 198 Å². The summed E-state index contributed by atoms with van der Waals surface area (Å²) >= 11 is 1.56. The van der Waals surface area contributed by atoms with E-state index in [0.29, 0.717) is 13.0 Å². The molecule has 1 N–H and O–H groups in total. The molecule has 6 rings (SSSR count). The number of aromatic amines is 1. The van der Waals surface area contributed by atoms with Gasteiger partial charge >= 0.3 is 0 Å². The summed E-state index contributed by atoms with van der Waals surface area (Å²) in [5, 5.41) is 14.2. The number of fused-ring (bicyclic) bond motifs is 4. The second-order valence-corrected chi connectivity index (χ2v) is 9.64. The minimum Gasteiger partial charge on any atom is -0.356 e. The summed E-state index contributed by atoms with van der Waals surface area (Å²) in [5.41, 5.74) is 3.53. The van der Waals surface area contributed by atoms with Gasteiger partial charge in [0.25, 0.3) is 5.69 Å². The van der Waals surface area contributed by atoms with Gasteiger partial charge in [0.15, 0.2) is 0 Å². The first kappa shape index (κ1) is 20.6. The predicted molar refractivity (Wildman–Crippen MR) is 127 cm³/mol. The van der Waals surface area contributed by atoms with Crippen molar-refractivity contribution in [2.75, 3.05) is 6.54 Å². The van der Waals surface area contributed by atoms with Crippen molar-refractivity contribution in [3.63, 3.8) is 0 Å². The van der Waals surface area contributed by atoms with E-state index < -0.39 is 17.0 Å². The third kappa shape index (κ3) is 3.19. The lowest BCUT2D eigenvalue weighted by atomic mass is 9.86. The van der Waals surface area contributed by atoms with Crippen LogP contribution in [0.5, 0.6) is 0 Å². The monoisotopic (exact) mass is 472 g/mol. The van der Waals surface area contributed by atoms with Crippen molar-refractivity contribution >= 4 is 39.7 Å². The van der Waals surface area contributed by atoms with Gasteiger partial charge in [-0.05, 0) is 40.8 Å². The van der Waals surface area contributed by atoms with Crippen LogP contribution in [0.1, 0.15) is 27.7 Å². The lowest BCUT2D eigenvalue weighted by molar-refractivity contribution is -0.384. The number of hydrogen-bond acceptors (Lipinski definition) is 5. The van der Waals surface area contributed by atoms with Crippen molar-refractivity contribution < 1.29 is 14.5 Å². The van der Waals surface area contributed by atoms with Crippen LogP contribution in [0.4, 0.5) is 5.69 Å². The maximum absolute atomic E-state index is 13.7. The van der Waals surface area contributed by atoms with E-state index in [2.05, 4.69) is 4.98 Å². The zero-order valence-electron chi connectivity index (χ0n) is 18.0. The number of carbonyl (C=O) groups is 2. The van der Waals surface area contributed by atoms with Gasteiger partial charge < -0.3 is 14.8 Å². The molecule has 34 heavy (non-hydrogen) atoms. The molecule has 4 heterocycles. The first-order valence-corrected chi connectivity index (χ1v) is 11.9. The van der Waals surface area contributed by atoms with Crippen molar-refractivity contribution in [1.82, 2.24) is 14.8 Å². The molecule has 2 aromatic heterocycles. The number of piperazine rings is 1. The minimum atomic E-state index is -0.631. The molecule has 2 amide bonds. The van der Waals surface area contributed by atoms with Crippen LogP contribution < -0.4 is 0 Å². The van der Waals surface area contributed by atoms with Gasteiger partial charge in [0.1, 0.15) is 12.6 Å². The molecule has 8 nitrogen and oxygen atoms in total. The molecule has 9 heteroatoms. The lowest BCUT2D eigenvalue weighted by Crippen LogP contribution is -2.62. The van der Waals surface area contributed by atoms with Gasteiger partial charge in [0, 0.05) is 40.0 Å². The van der Waals surface area contributed by atoms with E-state index in [-0.39, 0.29) is 24.0 Å². The third-order valence-corrected chi connectivity index (χ3v) is 7.55. The number of benzene rings is 2. The van der Waals surface area contributed by atoms with Crippen molar-refractivity contribution in [3.8, 4) is 0 Å². The van der Waals surface area contributed by atoms with E-state index >= 15 is 0 Å². The molecule has 2 aliphatic rings. The van der Waals surface area contributed by atoms with E-state index in [1.807, 2.05) is 41.8 Å². The number of carbonyl (C=O) groups excluding carboxylic acids is 2. The number of rotatable bonds is 4. The molecule has 0 bridgehead atoms. The molecule has 170 valence electrons. The van der Waals surface area contributed by atoms with Crippen LogP contribution in [0.25, 0.3) is 10.9 Å². The molecule has 0 saturated carbocycles. The fourth-order valence-electron chi connectivity index (χ4n) is 5.17. The summed E-state index contributed by atoms with van der Waals surface area (Å²) in [6, 6.07) is 16.9. The van der Waals surface area contributed by atoms with Crippen molar-refractivity contribution in [3.05, 3.63) is 97.9 Å². The van der Waals surface area contributed by atoms with E-state index in [9.17, 15) is 19.7 Å². The molecule has 0 aliphatic carbocycles. The third-order valence-electron chi connectivity index (χ3n) is 6.69. The van der Waals surface area contributed by atoms with Crippen LogP contribution in [0.2, 0.25) is 0 Å². The molecule has 1 saturated heterocycles. The second kappa shape index (κ2) is 7.81. The highest BCUT2D eigenvalue weighted by Crippen LogP contribution is 2.43. The van der Waals surface area contributed by atoms with E-state index in [4.69, 9.17) is 0 Å². The Balaban J connectivity index is 1.47. The molecule has 2 aromatic carbocycles. The molecule has 0 spiro atoms. The van der Waals surface area contributed by atoms with Crippen molar-refractivity contribution in [2.24, 2.45) is 0 Å². The maximum atomic E-state index is 13.7. The molecular formula is C25H20N4O4S. The predicted octanol–water partition coefficient (Wildman–Crippen LogP) is 4.02. The number of nitrogens with zero attached hydrogens (tertiary/aromatic N) is 3. The quantitative estimate of drug-likeness (QED) is 0.358. The van der Waals surface area contributed by atoms with Crippen LogP contribution in [0.15, 0.2) is 66.0 Å². The number of thiophene rings is 1. The van der Waals surface area contributed by atoms with Crippen LogP contribution in [-0.2, 0) is 22.6 Å². The Morgan fingerprint density at radius 1 is 1.06 bits per heavy atom. The summed E-state index contributed by atoms with van der Waals surface area (Å²) in [6.07, 6.45) is 0.425. The number of amides is 2. The SMILES string of the molecule is O=C1C2Cc3c([nH]c4ccccc34)C(c3ccc([N+](=O)[O-])cc3)N2C(=O)CN1Cc1cccs1. The number of non-ortho nitro benzene ring substituents is 1. The van der Waals surface area contributed by atoms with Crippen molar-refractivity contribution in [1.29, 1.82) is 0 Å². The number of H-pyrrole nitrogens is 1. The summed E-state index contributed by atoms with van der Waals surface area (Å²) < 4.78 is 0. The summed E-state index contributed by atoms with van der Waals surface area (Å²) in [6.45, 7) is 0.418. The summed E-state index contributed by atoms with van der Waals surface area (Å²) in [5.74, 6) is -0.204. The smallest absolute Gasteiger partial charge is 0.269 e. The molecule has 1 fully saturated rings. The molecule has 4 aromatic rings. The van der Waals surface area contributed by atoms with Crippen LogP contribution in [-0.4, -0.2) is 44.1 Å². The number of nitro benzene ring substituents is 1. The summed E-state index contributed by atoms with van der Waals surface area (Å²) in [7, 11) is 0. The standard InChI is InChI=1S/C25H20N4O4S/c30-22-14-27(13-17-4-3-11-34-17)25(31)21-12-19-18-5-1-2-6-20(18)26-23(19)24(28(21)22)15-7-9-16(10-8-15)29(32)33/h1-11,21,24,26H,12-14H2. The zero-order chi connectivity index (χ0) is 23.4. The number of nitrogens with one attached hydrogen (secondary N) is 1. The molecule has 2 aliphatic heterocycles. The second-order valence-electron chi connectivity index (χ2n) is 8.61. The number of nitro groups is 1. The Hall–Kier alpha value is -3.98. The number of hydrogen-bond donors (Lipinski definition) is 1. The highest BCUT2D eigenvalue weighted by atomic mass is 32.1.